The molecule has 1 aromatic rings. The maximum Gasteiger partial charge on any atom is 0.281 e. The first-order chi connectivity index (χ1) is 9.00. The normalized spacial score (nSPS) is 21.5. The summed E-state index contributed by atoms with van der Waals surface area (Å²) in [7, 11) is -0.307. The monoisotopic (exact) mass is 286 g/mol. The van der Waals surface area contributed by atoms with E-state index in [-0.39, 0.29) is 6.10 Å². The van der Waals surface area contributed by atoms with Crippen molar-refractivity contribution in [2.24, 2.45) is 0 Å². The molecule has 1 aromatic heterocycles. The molecule has 1 atom stereocenters. The maximum absolute atomic E-state index is 12.1. The van der Waals surface area contributed by atoms with Crippen molar-refractivity contribution < 1.29 is 13.2 Å². The summed E-state index contributed by atoms with van der Waals surface area (Å²) in [5.74, 6) is 0.476. The predicted molar refractivity (Wildman–Crippen MR) is 69.9 cm³/mol. The van der Waals surface area contributed by atoms with Gasteiger partial charge in [0.2, 0.25) is 5.88 Å². The molecule has 7 nitrogen and oxygen atoms in total. The number of piperidine rings is 1. The summed E-state index contributed by atoms with van der Waals surface area (Å²) >= 11 is 0. The molecule has 0 N–H and O–H groups in total. The van der Waals surface area contributed by atoms with E-state index in [9.17, 15) is 8.42 Å². The lowest BCUT2D eigenvalue weighted by molar-refractivity contribution is 0.122. The van der Waals surface area contributed by atoms with Crippen molar-refractivity contribution in [3.8, 4) is 5.88 Å². The molecule has 1 saturated heterocycles. The van der Waals surface area contributed by atoms with Crippen LogP contribution in [0.4, 0.5) is 0 Å². The Balaban J connectivity index is 2.02. The fourth-order valence-electron chi connectivity index (χ4n) is 1.96. The van der Waals surface area contributed by atoms with Crippen LogP contribution in [0.1, 0.15) is 12.8 Å². The van der Waals surface area contributed by atoms with E-state index in [4.69, 9.17) is 4.74 Å². The number of aromatic nitrogens is 2. The van der Waals surface area contributed by atoms with Gasteiger partial charge in [0.15, 0.2) is 0 Å². The Morgan fingerprint density at radius 1 is 1.47 bits per heavy atom. The lowest BCUT2D eigenvalue weighted by Gasteiger charge is -2.33. The molecule has 0 radical (unpaired) electrons. The number of nitrogens with zero attached hydrogens (tertiary/aromatic N) is 4. The smallest absolute Gasteiger partial charge is 0.281 e. The molecule has 19 heavy (non-hydrogen) atoms. The first-order valence-corrected chi connectivity index (χ1v) is 7.50. The molecule has 0 unspecified atom stereocenters. The van der Waals surface area contributed by atoms with Gasteiger partial charge in [0.05, 0.1) is 6.54 Å². The van der Waals surface area contributed by atoms with E-state index in [1.807, 2.05) is 0 Å². The van der Waals surface area contributed by atoms with Crippen molar-refractivity contribution in [2.45, 2.75) is 18.9 Å². The second-order valence-corrected chi connectivity index (χ2v) is 6.72. The van der Waals surface area contributed by atoms with E-state index in [0.717, 1.165) is 12.8 Å². The highest BCUT2D eigenvalue weighted by Gasteiger charge is 2.31. The minimum Gasteiger partial charge on any atom is -0.473 e. The Morgan fingerprint density at radius 3 is 2.89 bits per heavy atom. The molecular weight excluding hydrogens is 268 g/mol. The van der Waals surface area contributed by atoms with Gasteiger partial charge in [-0.05, 0) is 12.8 Å². The van der Waals surface area contributed by atoms with Crippen LogP contribution >= 0.6 is 0 Å². The van der Waals surface area contributed by atoms with E-state index in [1.165, 1.54) is 29.0 Å². The zero-order valence-electron chi connectivity index (χ0n) is 11.1. The number of hydrogen-bond donors (Lipinski definition) is 0. The third-order valence-corrected chi connectivity index (χ3v) is 4.88. The molecule has 0 aliphatic carbocycles. The van der Waals surface area contributed by atoms with Gasteiger partial charge in [0.1, 0.15) is 12.4 Å². The van der Waals surface area contributed by atoms with Crippen LogP contribution in [0.5, 0.6) is 5.88 Å². The van der Waals surface area contributed by atoms with Crippen molar-refractivity contribution >= 4 is 10.2 Å². The van der Waals surface area contributed by atoms with Crippen LogP contribution in [0.25, 0.3) is 0 Å². The van der Waals surface area contributed by atoms with Gasteiger partial charge in [-0.3, -0.25) is 0 Å². The molecular formula is C11H18N4O3S. The van der Waals surface area contributed by atoms with Crippen LogP contribution in [0.3, 0.4) is 0 Å². The molecule has 8 heteroatoms. The first kappa shape index (κ1) is 14.2. The van der Waals surface area contributed by atoms with E-state index in [2.05, 4.69) is 9.97 Å². The third-order valence-electron chi connectivity index (χ3n) is 2.97. The van der Waals surface area contributed by atoms with Gasteiger partial charge in [-0.25, -0.2) is 9.97 Å². The highest BCUT2D eigenvalue weighted by molar-refractivity contribution is 7.86. The first-order valence-electron chi connectivity index (χ1n) is 6.10. The van der Waals surface area contributed by atoms with Crippen molar-refractivity contribution in [1.82, 2.24) is 18.6 Å². The summed E-state index contributed by atoms with van der Waals surface area (Å²) in [6.45, 7) is 0.884. The number of hydrogen-bond acceptors (Lipinski definition) is 5. The number of ether oxygens (including phenoxy) is 1. The Bertz CT molecular complexity index is 506. The highest BCUT2D eigenvalue weighted by Crippen LogP contribution is 2.19. The molecule has 0 bridgehead atoms. The lowest BCUT2D eigenvalue weighted by Crippen LogP contribution is -2.48. The Labute approximate surface area is 113 Å². The van der Waals surface area contributed by atoms with Crippen molar-refractivity contribution in [3.63, 3.8) is 0 Å². The van der Waals surface area contributed by atoms with Gasteiger partial charge in [-0.2, -0.15) is 17.0 Å². The summed E-state index contributed by atoms with van der Waals surface area (Å²) in [6.07, 6.45) is 4.44. The van der Waals surface area contributed by atoms with Crippen molar-refractivity contribution in [3.05, 3.63) is 18.6 Å². The van der Waals surface area contributed by atoms with Crippen LogP contribution < -0.4 is 4.74 Å². The molecule has 2 rings (SSSR count). The third kappa shape index (κ3) is 3.40. The summed E-state index contributed by atoms with van der Waals surface area (Å²) < 4.78 is 32.5. The molecule has 0 saturated carbocycles. The van der Waals surface area contributed by atoms with E-state index in [1.54, 1.807) is 12.3 Å². The highest BCUT2D eigenvalue weighted by atomic mass is 32.2. The summed E-state index contributed by atoms with van der Waals surface area (Å²) in [5.41, 5.74) is 0. The fraction of sp³-hybridized carbons (Fsp3) is 0.636. The van der Waals surface area contributed by atoms with Crippen LogP contribution in [0.2, 0.25) is 0 Å². The van der Waals surface area contributed by atoms with E-state index < -0.39 is 10.2 Å². The fourth-order valence-corrected chi connectivity index (χ4v) is 3.14. The van der Waals surface area contributed by atoms with Crippen molar-refractivity contribution in [1.29, 1.82) is 0 Å². The van der Waals surface area contributed by atoms with Gasteiger partial charge >= 0.3 is 0 Å². The zero-order chi connectivity index (χ0) is 13.9. The molecule has 0 amide bonds. The molecule has 106 valence electrons. The predicted octanol–water partition coefficient (Wildman–Crippen LogP) is 0.126. The number of rotatable bonds is 4. The average molecular weight is 286 g/mol. The molecule has 0 spiro atoms. The van der Waals surface area contributed by atoms with Crippen LogP contribution in [0.15, 0.2) is 18.6 Å². The average Bonchev–Trinajstić information content (AvgIpc) is 2.40. The van der Waals surface area contributed by atoms with Crippen LogP contribution in [-0.4, -0.2) is 60.3 Å². The minimum absolute atomic E-state index is 0.168. The quantitative estimate of drug-likeness (QED) is 0.786. The molecule has 1 fully saturated rings. The summed E-state index contributed by atoms with van der Waals surface area (Å²) in [4.78, 5) is 7.80. The van der Waals surface area contributed by atoms with Crippen LogP contribution in [-0.2, 0) is 10.2 Å². The second kappa shape index (κ2) is 5.81. The van der Waals surface area contributed by atoms with Gasteiger partial charge in [0, 0.05) is 32.9 Å². The van der Waals surface area contributed by atoms with E-state index in [0.29, 0.717) is 19.0 Å². The molecule has 1 aliphatic heterocycles. The summed E-state index contributed by atoms with van der Waals surface area (Å²) in [6, 6.07) is 1.67. The zero-order valence-corrected chi connectivity index (χ0v) is 11.9. The van der Waals surface area contributed by atoms with E-state index >= 15 is 0 Å². The second-order valence-electron chi connectivity index (χ2n) is 4.58. The van der Waals surface area contributed by atoms with Gasteiger partial charge in [-0.1, -0.05) is 0 Å². The van der Waals surface area contributed by atoms with Crippen LogP contribution in [0, 0.1) is 0 Å². The van der Waals surface area contributed by atoms with Gasteiger partial charge in [-0.15, -0.1) is 0 Å². The van der Waals surface area contributed by atoms with Crippen molar-refractivity contribution in [2.75, 3.05) is 27.2 Å². The SMILES string of the molecule is CN(C)S(=O)(=O)N1CCC[C@H](Oc2ccncn2)C1. The van der Waals surface area contributed by atoms with Gasteiger partial charge < -0.3 is 4.74 Å². The topological polar surface area (TPSA) is 75.6 Å². The molecule has 2 heterocycles. The largest absolute Gasteiger partial charge is 0.473 e. The lowest BCUT2D eigenvalue weighted by atomic mass is 10.1. The maximum atomic E-state index is 12.1. The molecule has 1 aliphatic rings. The Hall–Kier alpha value is -1.25. The summed E-state index contributed by atoms with van der Waals surface area (Å²) in [5, 5.41) is 0. The Morgan fingerprint density at radius 2 is 2.26 bits per heavy atom. The molecule has 0 aromatic carbocycles. The standard InChI is InChI=1S/C11H18N4O3S/c1-14(2)19(16,17)15-7-3-4-10(8-15)18-11-5-6-12-9-13-11/h5-6,9-10H,3-4,7-8H2,1-2H3/t10-/m0/s1. The Kier molecular flexibility index (Phi) is 4.33. The van der Waals surface area contributed by atoms with Gasteiger partial charge in [0.25, 0.3) is 10.2 Å². The minimum atomic E-state index is -3.37.